The Balaban J connectivity index is 1.27. The van der Waals surface area contributed by atoms with Gasteiger partial charge in [-0.15, -0.1) is 0 Å². The topological polar surface area (TPSA) is 15.7 Å². The highest BCUT2D eigenvalue weighted by Gasteiger charge is 2.26. The standard InChI is InChI=1S/C46H38N2OSi/c1-31-18-22-37(23-19-31)48(35-14-9-6-10-15-35)41-29-33-21-20-32-28-38(30-43-44(32)45(33)46-40(41)16-11-17-42(46)49-43)47(34-12-7-5-8-13-34)36-24-26-39(27-25-36)50(2,3)4/h5-30H,1-4H3. The molecule has 0 saturated heterocycles. The fourth-order valence-electron chi connectivity index (χ4n) is 7.48. The van der Waals surface area contributed by atoms with Gasteiger partial charge in [0, 0.05) is 50.4 Å². The lowest BCUT2D eigenvalue weighted by molar-refractivity contribution is 0.493. The normalized spacial score (nSPS) is 12.2. The van der Waals surface area contributed by atoms with Crippen LogP contribution >= 0.6 is 0 Å². The monoisotopic (exact) mass is 662 g/mol. The average Bonchev–Trinajstić information content (AvgIpc) is 3.13. The van der Waals surface area contributed by atoms with E-state index in [4.69, 9.17) is 4.74 Å². The van der Waals surface area contributed by atoms with Crippen molar-refractivity contribution in [3.8, 4) is 11.5 Å². The summed E-state index contributed by atoms with van der Waals surface area (Å²) in [5.74, 6) is 1.77. The van der Waals surface area contributed by atoms with E-state index in [1.54, 1.807) is 0 Å². The van der Waals surface area contributed by atoms with E-state index in [0.717, 1.165) is 67.2 Å². The average molecular weight is 663 g/mol. The highest BCUT2D eigenvalue weighted by Crippen LogP contribution is 2.52. The number of hydrogen-bond acceptors (Lipinski definition) is 3. The second-order valence-corrected chi connectivity index (χ2v) is 19.4. The van der Waals surface area contributed by atoms with Gasteiger partial charge in [-0.2, -0.15) is 0 Å². The number of hydrogen-bond donors (Lipinski definition) is 0. The van der Waals surface area contributed by atoms with E-state index in [2.05, 4.69) is 194 Å². The lowest BCUT2D eigenvalue weighted by Gasteiger charge is -2.30. The predicted molar refractivity (Wildman–Crippen MR) is 216 cm³/mol. The summed E-state index contributed by atoms with van der Waals surface area (Å²) in [6.45, 7) is 9.32. The zero-order valence-electron chi connectivity index (χ0n) is 28.8. The molecule has 8 aromatic carbocycles. The van der Waals surface area contributed by atoms with E-state index >= 15 is 0 Å². The molecule has 0 unspecified atom stereocenters. The van der Waals surface area contributed by atoms with Crippen molar-refractivity contribution < 1.29 is 4.74 Å². The molecule has 50 heavy (non-hydrogen) atoms. The maximum atomic E-state index is 6.93. The predicted octanol–water partition coefficient (Wildman–Crippen LogP) is 13.0. The lowest BCUT2D eigenvalue weighted by atomic mass is 9.91. The Hall–Kier alpha value is -5.84. The fraction of sp³-hybridized carbons (Fsp3) is 0.0870. The Morgan fingerprint density at radius 3 is 1.68 bits per heavy atom. The largest absolute Gasteiger partial charge is 0.456 e. The summed E-state index contributed by atoms with van der Waals surface area (Å²) in [6, 6.07) is 57.1. The van der Waals surface area contributed by atoms with Crippen LogP contribution in [0.5, 0.6) is 11.5 Å². The molecule has 0 bridgehead atoms. The summed E-state index contributed by atoms with van der Waals surface area (Å²) in [6.07, 6.45) is 0. The van der Waals surface area contributed by atoms with E-state index in [0.29, 0.717) is 0 Å². The molecular formula is C46H38N2OSi. The Kier molecular flexibility index (Phi) is 7.04. The number of anilines is 6. The van der Waals surface area contributed by atoms with Gasteiger partial charge >= 0.3 is 0 Å². The van der Waals surface area contributed by atoms with Gasteiger partial charge in [-0.3, -0.25) is 0 Å². The van der Waals surface area contributed by atoms with Gasteiger partial charge in [0.2, 0.25) is 0 Å². The van der Waals surface area contributed by atoms with Gasteiger partial charge in [-0.1, -0.05) is 115 Å². The van der Waals surface area contributed by atoms with Crippen molar-refractivity contribution in [2.24, 2.45) is 0 Å². The molecule has 0 fully saturated rings. The Labute approximate surface area is 294 Å². The Bertz CT molecular complexity index is 2540. The SMILES string of the molecule is Cc1ccc(N(c2ccccc2)c2cc3ccc4cc(N(c5ccccc5)c5ccc([Si](C)(C)C)cc5)cc5c4c3c3c(cccc23)O5)cc1. The van der Waals surface area contributed by atoms with Crippen molar-refractivity contribution in [2.75, 3.05) is 9.80 Å². The van der Waals surface area contributed by atoms with E-state index in [1.165, 1.54) is 21.5 Å². The van der Waals surface area contributed by atoms with Crippen molar-refractivity contribution in [3.05, 3.63) is 163 Å². The zero-order valence-corrected chi connectivity index (χ0v) is 29.8. The summed E-state index contributed by atoms with van der Waals surface area (Å²) < 4.78 is 6.93. The molecule has 1 aliphatic rings. The number of nitrogens with zero attached hydrogens (tertiary/aromatic N) is 2. The van der Waals surface area contributed by atoms with Crippen LogP contribution < -0.4 is 19.7 Å². The molecule has 0 saturated carbocycles. The molecule has 3 nitrogen and oxygen atoms in total. The van der Waals surface area contributed by atoms with Crippen molar-refractivity contribution >= 4 is 79.7 Å². The van der Waals surface area contributed by atoms with Gasteiger partial charge in [0.1, 0.15) is 11.5 Å². The van der Waals surface area contributed by atoms with Crippen LogP contribution in [0.25, 0.3) is 32.3 Å². The van der Waals surface area contributed by atoms with Crippen molar-refractivity contribution in [1.29, 1.82) is 0 Å². The van der Waals surface area contributed by atoms with Crippen molar-refractivity contribution in [1.82, 2.24) is 0 Å². The van der Waals surface area contributed by atoms with Gasteiger partial charge in [-0.05, 0) is 84.4 Å². The molecule has 8 aromatic rings. The quantitative estimate of drug-likeness (QED) is 0.125. The van der Waals surface area contributed by atoms with Crippen molar-refractivity contribution in [2.45, 2.75) is 26.6 Å². The molecule has 0 amide bonds. The number of rotatable bonds is 7. The first-order valence-electron chi connectivity index (χ1n) is 17.4. The number of ether oxygens (including phenoxy) is 1. The third kappa shape index (κ3) is 5.03. The van der Waals surface area contributed by atoms with Gasteiger partial charge in [-0.25, -0.2) is 0 Å². The van der Waals surface area contributed by atoms with Crippen LogP contribution in [0.1, 0.15) is 5.56 Å². The van der Waals surface area contributed by atoms with Gasteiger partial charge in [0.25, 0.3) is 0 Å². The molecule has 1 aliphatic heterocycles. The molecule has 0 N–H and O–H groups in total. The first-order valence-corrected chi connectivity index (χ1v) is 20.9. The Morgan fingerprint density at radius 2 is 1.02 bits per heavy atom. The van der Waals surface area contributed by atoms with Gasteiger partial charge in [0.15, 0.2) is 0 Å². The molecule has 0 atom stereocenters. The highest BCUT2D eigenvalue weighted by atomic mass is 28.3. The van der Waals surface area contributed by atoms with E-state index < -0.39 is 8.07 Å². The molecule has 0 aliphatic carbocycles. The minimum absolute atomic E-state index is 0.883. The Morgan fingerprint density at radius 1 is 0.440 bits per heavy atom. The van der Waals surface area contributed by atoms with E-state index in [-0.39, 0.29) is 0 Å². The second-order valence-electron chi connectivity index (χ2n) is 14.4. The molecule has 4 heteroatoms. The van der Waals surface area contributed by atoms with Crippen LogP contribution in [0.15, 0.2) is 158 Å². The minimum Gasteiger partial charge on any atom is -0.456 e. The molecule has 9 rings (SSSR count). The van der Waals surface area contributed by atoms with Crippen LogP contribution in [0.2, 0.25) is 19.6 Å². The minimum atomic E-state index is -1.44. The summed E-state index contributed by atoms with van der Waals surface area (Å²) in [7, 11) is -1.44. The summed E-state index contributed by atoms with van der Waals surface area (Å²) >= 11 is 0. The molecule has 242 valence electrons. The van der Waals surface area contributed by atoms with E-state index in [9.17, 15) is 0 Å². The van der Waals surface area contributed by atoms with Crippen LogP contribution in [0.3, 0.4) is 0 Å². The highest BCUT2D eigenvalue weighted by molar-refractivity contribution is 6.88. The van der Waals surface area contributed by atoms with Gasteiger partial charge < -0.3 is 14.5 Å². The van der Waals surface area contributed by atoms with Crippen LogP contribution in [0, 0.1) is 6.92 Å². The molecular weight excluding hydrogens is 625 g/mol. The summed E-state index contributed by atoms with van der Waals surface area (Å²) in [5.41, 5.74) is 7.92. The summed E-state index contributed by atoms with van der Waals surface area (Å²) in [5, 5.41) is 8.52. The zero-order chi connectivity index (χ0) is 34.0. The maximum absolute atomic E-state index is 6.93. The molecule has 0 aromatic heterocycles. The van der Waals surface area contributed by atoms with E-state index in [1.807, 2.05) is 0 Å². The van der Waals surface area contributed by atoms with Crippen LogP contribution in [0.4, 0.5) is 34.1 Å². The fourth-order valence-corrected chi connectivity index (χ4v) is 8.64. The van der Waals surface area contributed by atoms with Crippen molar-refractivity contribution in [3.63, 3.8) is 0 Å². The smallest absolute Gasteiger partial charge is 0.138 e. The number of aryl methyl sites for hydroxylation is 1. The molecule has 0 spiro atoms. The number of benzene rings is 8. The lowest BCUT2D eigenvalue weighted by Crippen LogP contribution is -2.37. The third-order valence-corrected chi connectivity index (χ3v) is 12.0. The first kappa shape index (κ1) is 30.2. The maximum Gasteiger partial charge on any atom is 0.138 e. The summed E-state index contributed by atoms with van der Waals surface area (Å²) in [4.78, 5) is 4.71. The van der Waals surface area contributed by atoms with Crippen LogP contribution in [-0.2, 0) is 0 Å². The second kappa shape index (κ2) is 11.6. The number of para-hydroxylation sites is 2. The third-order valence-electron chi connectivity index (χ3n) is 9.97. The van der Waals surface area contributed by atoms with Gasteiger partial charge in [0.05, 0.1) is 19.4 Å². The molecule has 1 heterocycles. The van der Waals surface area contributed by atoms with Crippen LogP contribution in [-0.4, -0.2) is 8.07 Å². The molecule has 0 radical (unpaired) electrons. The first-order chi connectivity index (χ1) is 24.3.